The number of carbonyl (C=O) groups excluding carboxylic acids is 4. The first-order valence-corrected chi connectivity index (χ1v) is 16.5. The van der Waals surface area contributed by atoms with Gasteiger partial charge in [-0.05, 0) is 65.3 Å². The van der Waals surface area contributed by atoms with Gasteiger partial charge in [-0.3, -0.25) is 14.4 Å². The number of esters is 2. The number of ketones is 1. The number of hydrogen-bond donors (Lipinski definition) is 1. The van der Waals surface area contributed by atoms with Gasteiger partial charge in [0, 0.05) is 30.6 Å². The van der Waals surface area contributed by atoms with Gasteiger partial charge in [-0.25, -0.2) is 0 Å². The lowest BCUT2D eigenvalue weighted by Gasteiger charge is -2.45. The molecule has 0 aromatic carbocycles. The van der Waals surface area contributed by atoms with Crippen LogP contribution in [0.3, 0.4) is 0 Å². The number of aliphatic hydroxyl groups is 1. The van der Waals surface area contributed by atoms with Gasteiger partial charge in [0.05, 0.1) is 36.9 Å². The van der Waals surface area contributed by atoms with Crippen LogP contribution in [0.5, 0.6) is 0 Å². The number of carbonyl (C=O) groups is 4. The lowest BCUT2D eigenvalue weighted by molar-refractivity contribution is -0.286. The molecule has 0 bridgehead atoms. The molecule has 0 radical (unpaired) electrons. The number of nitrogens with zero attached hydrogens (tertiary/aromatic N) is 1. The number of likely N-dealkylation sites (N-methyl/N-ethyl adjacent to an activating group) is 1. The smallest absolute Gasteiger partial charge is 0.308 e. The lowest BCUT2D eigenvalue weighted by atomic mass is 9.79. The van der Waals surface area contributed by atoms with Crippen LogP contribution in [0.2, 0.25) is 0 Å². The van der Waals surface area contributed by atoms with Crippen molar-refractivity contribution in [3.8, 4) is 0 Å². The van der Waals surface area contributed by atoms with Gasteiger partial charge in [0.25, 0.3) is 0 Å². The first-order valence-electron chi connectivity index (χ1n) is 16.5. The van der Waals surface area contributed by atoms with Crippen LogP contribution in [0, 0.1) is 23.7 Å². The van der Waals surface area contributed by atoms with Gasteiger partial charge in [0.1, 0.15) is 18.0 Å². The van der Waals surface area contributed by atoms with E-state index in [4.69, 9.17) is 23.7 Å². The number of allylic oxidation sites excluding steroid dienone is 1. The molecule has 2 fully saturated rings. The van der Waals surface area contributed by atoms with Crippen molar-refractivity contribution < 1.29 is 48.0 Å². The van der Waals surface area contributed by atoms with Crippen LogP contribution >= 0.6 is 0 Å². The molecule has 0 aliphatic carbocycles. The van der Waals surface area contributed by atoms with Crippen LogP contribution in [-0.4, -0.2) is 103 Å². The molecule has 0 aromatic heterocycles. The standard InChI is InChI=1S/C34H55NO10/c1-10-27-22(6)32-34(7,45-32)14-12-25(37)19(3)16-23(13-15-36)30(21(5)26(38)18-29(40)42-27)44-33-31(43-28(39)11-2)24(35(8)9)17-20(4)41-33/h12,14-15,19-24,26-27,30-33,38H,10-11,13,16-18H2,1-9H3/b14-12+/t19-,20+,21+,22-,23+,24-,26-,27-,30-,31-,32+,33-,34+/m1/s1. The molecule has 2 saturated heterocycles. The van der Waals surface area contributed by atoms with E-state index in [-0.39, 0.29) is 55.6 Å². The zero-order valence-corrected chi connectivity index (χ0v) is 28.5. The second-order valence-corrected chi connectivity index (χ2v) is 13.7. The van der Waals surface area contributed by atoms with Gasteiger partial charge in [-0.2, -0.15) is 0 Å². The zero-order chi connectivity index (χ0) is 33.6. The highest BCUT2D eigenvalue weighted by Gasteiger charge is 2.55. The average molecular weight is 638 g/mol. The van der Waals surface area contributed by atoms with E-state index in [2.05, 4.69) is 0 Å². The Morgan fingerprint density at radius 2 is 1.80 bits per heavy atom. The van der Waals surface area contributed by atoms with Crippen LogP contribution in [0.4, 0.5) is 0 Å². The highest BCUT2D eigenvalue weighted by atomic mass is 16.7. The summed E-state index contributed by atoms with van der Waals surface area (Å²) in [6.07, 6.45) is 0.746. The number of hydrogen-bond acceptors (Lipinski definition) is 11. The van der Waals surface area contributed by atoms with Crippen molar-refractivity contribution >= 4 is 24.0 Å². The van der Waals surface area contributed by atoms with Crippen molar-refractivity contribution in [3.05, 3.63) is 12.2 Å². The predicted octanol–water partition coefficient (Wildman–Crippen LogP) is 3.63. The van der Waals surface area contributed by atoms with Crippen molar-refractivity contribution in [2.45, 2.75) is 142 Å². The van der Waals surface area contributed by atoms with E-state index in [1.165, 1.54) is 6.08 Å². The second-order valence-electron chi connectivity index (χ2n) is 13.7. The summed E-state index contributed by atoms with van der Waals surface area (Å²) in [7, 11) is 3.79. The van der Waals surface area contributed by atoms with Gasteiger partial charge < -0.3 is 38.5 Å². The molecule has 45 heavy (non-hydrogen) atoms. The molecule has 13 atom stereocenters. The Labute approximate surface area is 268 Å². The lowest BCUT2D eigenvalue weighted by Crippen LogP contribution is -2.57. The Bertz CT molecular complexity index is 1060. The van der Waals surface area contributed by atoms with Gasteiger partial charge >= 0.3 is 11.9 Å². The largest absolute Gasteiger partial charge is 0.462 e. The Morgan fingerprint density at radius 3 is 2.40 bits per heavy atom. The fourth-order valence-electron chi connectivity index (χ4n) is 6.84. The van der Waals surface area contributed by atoms with Crippen molar-refractivity contribution in [1.82, 2.24) is 4.90 Å². The highest BCUT2D eigenvalue weighted by Crippen LogP contribution is 2.45. The van der Waals surface area contributed by atoms with E-state index in [0.717, 1.165) is 6.29 Å². The minimum Gasteiger partial charge on any atom is -0.462 e. The van der Waals surface area contributed by atoms with Crippen molar-refractivity contribution in [3.63, 3.8) is 0 Å². The first-order chi connectivity index (χ1) is 21.1. The summed E-state index contributed by atoms with van der Waals surface area (Å²) in [4.78, 5) is 53.0. The van der Waals surface area contributed by atoms with Gasteiger partial charge in [0.2, 0.25) is 0 Å². The molecular formula is C34H55NO10. The van der Waals surface area contributed by atoms with Crippen LogP contribution in [0.15, 0.2) is 12.2 Å². The van der Waals surface area contributed by atoms with Crippen LogP contribution < -0.4 is 0 Å². The Morgan fingerprint density at radius 1 is 1.11 bits per heavy atom. The topological polar surface area (TPSA) is 141 Å². The molecule has 0 unspecified atom stereocenters. The molecule has 3 heterocycles. The predicted molar refractivity (Wildman–Crippen MR) is 166 cm³/mol. The maximum Gasteiger partial charge on any atom is 0.308 e. The Balaban J connectivity index is 2.01. The van der Waals surface area contributed by atoms with Gasteiger partial charge in [-0.1, -0.05) is 34.6 Å². The number of fused-ring (bicyclic) bond motifs is 1. The van der Waals surface area contributed by atoms with E-state index >= 15 is 0 Å². The summed E-state index contributed by atoms with van der Waals surface area (Å²) in [6, 6.07) is -0.214. The van der Waals surface area contributed by atoms with E-state index in [1.54, 1.807) is 26.8 Å². The van der Waals surface area contributed by atoms with Crippen molar-refractivity contribution in [2.75, 3.05) is 14.1 Å². The average Bonchev–Trinajstić information content (AvgIpc) is 3.67. The first kappa shape index (κ1) is 37.3. The number of cyclic esters (lactones) is 1. The normalized spacial score (nSPS) is 42.4. The van der Waals surface area contributed by atoms with E-state index in [9.17, 15) is 24.3 Å². The summed E-state index contributed by atoms with van der Waals surface area (Å²) >= 11 is 0. The Kier molecular flexibility index (Phi) is 13.3. The summed E-state index contributed by atoms with van der Waals surface area (Å²) in [5.74, 6) is -2.87. The molecule has 11 nitrogen and oxygen atoms in total. The minimum atomic E-state index is -1.19. The number of rotatable bonds is 8. The highest BCUT2D eigenvalue weighted by molar-refractivity contribution is 5.91. The third-order valence-electron chi connectivity index (χ3n) is 9.82. The fourth-order valence-corrected chi connectivity index (χ4v) is 6.84. The maximum absolute atomic E-state index is 13.3. The number of ether oxygens (including phenoxy) is 5. The van der Waals surface area contributed by atoms with E-state index < -0.39 is 66.0 Å². The third kappa shape index (κ3) is 9.44. The van der Waals surface area contributed by atoms with Crippen LogP contribution in [-0.2, 0) is 42.9 Å². The minimum absolute atomic E-state index is 0.0463. The monoisotopic (exact) mass is 637 g/mol. The van der Waals surface area contributed by atoms with Crippen LogP contribution in [0.1, 0.15) is 87.0 Å². The maximum atomic E-state index is 13.3. The molecular weight excluding hydrogens is 582 g/mol. The molecule has 0 saturated carbocycles. The molecule has 1 N–H and O–H groups in total. The van der Waals surface area contributed by atoms with Crippen molar-refractivity contribution in [2.24, 2.45) is 23.7 Å². The quantitative estimate of drug-likeness (QED) is 0.237. The summed E-state index contributed by atoms with van der Waals surface area (Å²) in [6.45, 7) is 13.0. The van der Waals surface area contributed by atoms with E-state index in [1.807, 2.05) is 46.7 Å². The van der Waals surface area contributed by atoms with Gasteiger partial charge in [-0.15, -0.1) is 0 Å². The number of aliphatic hydroxyl groups excluding tert-OH is 1. The molecule has 3 rings (SSSR count). The molecule has 0 amide bonds. The Hall–Kier alpha value is -2.18. The molecule has 3 aliphatic heterocycles. The van der Waals surface area contributed by atoms with Gasteiger partial charge in [0.15, 0.2) is 18.2 Å². The number of aldehydes is 1. The second kappa shape index (κ2) is 16.1. The molecule has 0 spiro atoms. The number of epoxide rings is 1. The molecule has 3 aliphatic rings. The van der Waals surface area contributed by atoms with E-state index in [0.29, 0.717) is 12.8 Å². The SMILES string of the molecule is CCC(=O)O[C@H]1[C@@H](O[C@H]2[C@@H](CC=O)C[C@@H](C)C(=O)/C=C/[C@]3(C)O[C@H]3[C@H](C)[C@@H](CC)OC(=O)C[C@@H](O)[C@@H]2C)O[C@@H](C)C[C@H]1N(C)C. The summed E-state index contributed by atoms with van der Waals surface area (Å²) in [5, 5.41) is 11.4. The third-order valence-corrected chi connectivity index (χ3v) is 9.82. The van der Waals surface area contributed by atoms with Crippen LogP contribution in [0.25, 0.3) is 0 Å². The fraction of sp³-hybridized carbons (Fsp3) is 0.824. The molecule has 0 aromatic rings. The summed E-state index contributed by atoms with van der Waals surface area (Å²) < 4.78 is 30.6. The zero-order valence-electron chi connectivity index (χ0n) is 28.5. The molecule has 256 valence electrons. The summed E-state index contributed by atoms with van der Waals surface area (Å²) in [5.41, 5.74) is -0.656. The van der Waals surface area contributed by atoms with Crippen molar-refractivity contribution in [1.29, 1.82) is 0 Å². The molecule has 11 heteroatoms.